The molecule has 0 aliphatic carbocycles. The zero-order valence-electron chi connectivity index (χ0n) is 17.7. The number of halogens is 1. The summed E-state index contributed by atoms with van der Waals surface area (Å²) >= 11 is 10.5. The zero-order valence-corrected chi connectivity index (χ0v) is 20.9. The second-order valence-corrected chi connectivity index (χ2v) is 9.14. The zero-order chi connectivity index (χ0) is 22.4. The Kier molecular flexibility index (Phi) is 8.22. The summed E-state index contributed by atoms with van der Waals surface area (Å²) in [4.78, 5) is 13.4. The van der Waals surface area contributed by atoms with E-state index in [1.165, 1.54) is 11.3 Å². The first-order valence-corrected chi connectivity index (χ1v) is 12.0. The van der Waals surface area contributed by atoms with E-state index >= 15 is 0 Å². The van der Waals surface area contributed by atoms with Gasteiger partial charge in [0.25, 0.3) is 0 Å². The minimum absolute atomic E-state index is 0.319. The van der Waals surface area contributed by atoms with Gasteiger partial charge >= 0.3 is 5.97 Å². The molecule has 9 heteroatoms. The number of anilines is 1. The molecule has 0 unspecified atom stereocenters. The van der Waals surface area contributed by atoms with Crippen molar-refractivity contribution in [1.82, 2.24) is 15.1 Å². The molecule has 0 saturated heterocycles. The van der Waals surface area contributed by atoms with Crippen molar-refractivity contribution < 1.29 is 9.53 Å². The highest BCUT2D eigenvalue weighted by Gasteiger charge is 2.19. The van der Waals surface area contributed by atoms with Gasteiger partial charge in [-0.1, -0.05) is 30.3 Å². The molecule has 31 heavy (non-hydrogen) atoms. The Hall–Kier alpha value is -2.23. The number of nitrogens with one attached hydrogen (secondary N) is 2. The van der Waals surface area contributed by atoms with Gasteiger partial charge in [-0.25, -0.2) is 4.79 Å². The molecule has 2 aromatic heterocycles. The van der Waals surface area contributed by atoms with Gasteiger partial charge in [-0.2, -0.15) is 5.10 Å². The maximum atomic E-state index is 12.4. The summed E-state index contributed by atoms with van der Waals surface area (Å²) in [5.74, 6) is -0.360. The monoisotopic (exact) mass is 520 g/mol. The minimum Gasteiger partial charge on any atom is -0.462 e. The third-order valence-corrected chi connectivity index (χ3v) is 7.13. The largest absolute Gasteiger partial charge is 0.462 e. The SMILES string of the molecule is CCOC(=O)c1cc(-c2ccccc2)sc1NC(=S)NCCCn1nc(C)c(Br)c1C. The van der Waals surface area contributed by atoms with E-state index in [-0.39, 0.29) is 5.97 Å². The van der Waals surface area contributed by atoms with E-state index in [0.717, 1.165) is 39.3 Å². The third kappa shape index (κ3) is 5.93. The van der Waals surface area contributed by atoms with E-state index in [1.807, 2.05) is 54.9 Å². The molecule has 0 spiro atoms. The molecule has 0 saturated carbocycles. The average Bonchev–Trinajstić information content (AvgIpc) is 3.28. The third-order valence-electron chi connectivity index (χ3n) is 4.64. The summed E-state index contributed by atoms with van der Waals surface area (Å²) in [6.07, 6.45) is 0.862. The predicted molar refractivity (Wildman–Crippen MR) is 134 cm³/mol. The lowest BCUT2D eigenvalue weighted by molar-refractivity contribution is 0.0528. The van der Waals surface area contributed by atoms with E-state index in [2.05, 4.69) is 31.7 Å². The molecule has 3 rings (SSSR count). The number of carbonyl (C=O) groups excluding carboxylic acids is 1. The van der Waals surface area contributed by atoms with Crippen LogP contribution in [-0.4, -0.2) is 34.0 Å². The number of aryl methyl sites for hydroxylation is 2. The number of carbonyl (C=O) groups is 1. The van der Waals surface area contributed by atoms with Gasteiger partial charge < -0.3 is 15.4 Å². The molecular formula is C22H25BrN4O2S2. The lowest BCUT2D eigenvalue weighted by Gasteiger charge is -2.11. The van der Waals surface area contributed by atoms with Crippen LogP contribution < -0.4 is 10.6 Å². The number of hydrogen-bond acceptors (Lipinski definition) is 5. The summed E-state index contributed by atoms with van der Waals surface area (Å²) in [6, 6.07) is 11.8. The first kappa shape index (κ1) is 23.4. The number of ether oxygens (including phenoxy) is 1. The first-order valence-electron chi connectivity index (χ1n) is 10.0. The standard InChI is InChI=1S/C22H25BrN4O2S2/c1-4-29-21(28)17-13-18(16-9-6-5-7-10-16)31-20(17)25-22(30)24-11-8-12-27-15(3)19(23)14(2)26-27/h5-7,9-10,13H,4,8,11-12H2,1-3H3,(H2,24,25,30). The van der Waals surface area contributed by atoms with Gasteiger partial charge in [0.1, 0.15) is 5.00 Å². The van der Waals surface area contributed by atoms with Crippen LogP contribution in [0.2, 0.25) is 0 Å². The molecule has 2 heterocycles. The van der Waals surface area contributed by atoms with Gasteiger partial charge in [0.15, 0.2) is 5.11 Å². The van der Waals surface area contributed by atoms with Crippen LogP contribution in [0.25, 0.3) is 10.4 Å². The number of benzene rings is 1. The fourth-order valence-electron chi connectivity index (χ4n) is 3.06. The second-order valence-electron chi connectivity index (χ2n) is 6.88. The van der Waals surface area contributed by atoms with Crippen molar-refractivity contribution in [2.75, 3.05) is 18.5 Å². The van der Waals surface area contributed by atoms with Gasteiger partial charge in [0.05, 0.1) is 22.3 Å². The molecule has 1 aromatic carbocycles. The van der Waals surface area contributed by atoms with Gasteiger partial charge in [0, 0.05) is 23.7 Å². The normalized spacial score (nSPS) is 10.7. The van der Waals surface area contributed by atoms with Crippen LogP contribution in [0.3, 0.4) is 0 Å². The van der Waals surface area contributed by atoms with Gasteiger partial charge in [-0.15, -0.1) is 11.3 Å². The summed E-state index contributed by atoms with van der Waals surface area (Å²) < 4.78 is 8.26. The smallest absolute Gasteiger partial charge is 0.341 e. The van der Waals surface area contributed by atoms with Crippen molar-refractivity contribution in [3.63, 3.8) is 0 Å². The van der Waals surface area contributed by atoms with Crippen molar-refractivity contribution in [1.29, 1.82) is 0 Å². The van der Waals surface area contributed by atoms with E-state index in [9.17, 15) is 4.79 Å². The van der Waals surface area contributed by atoms with Crippen molar-refractivity contribution in [3.8, 4) is 10.4 Å². The van der Waals surface area contributed by atoms with Crippen LogP contribution in [-0.2, 0) is 11.3 Å². The number of thiocarbonyl (C=S) groups is 1. The van der Waals surface area contributed by atoms with Crippen LogP contribution in [0.5, 0.6) is 0 Å². The summed E-state index contributed by atoms with van der Waals surface area (Å²) in [6.45, 7) is 7.62. The Morgan fingerprint density at radius 2 is 2.03 bits per heavy atom. The molecule has 0 radical (unpaired) electrons. The molecule has 6 nitrogen and oxygen atoms in total. The molecule has 0 aliphatic rings. The summed E-state index contributed by atoms with van der Waals surface area (Å²) in [5.41, 5.74) is 3.63. The molecule has 0 atom stereocenters. The average molecular weight is 522 g/mol. The minimum atomic E-state index is -0.360. The fraction of sp³-hybridized carbons (Fsp3) is 0.318. The lowest BCUT2D eigenvalue weighted by Crippen LogP contribution is -2.30. The van der Waals surface area contributed by atoms with Crippen molar-refractivity contribution in [2.45, 2.75) is 33.7 Å². The second kappa shape index (κ2) is 10.9. The van der Waals surface area contributed by atoms with Crippen LogP contribution in [0, 0.1) is 13.8 Å². The molecule has 0 aliphatic heterocycles. The number of rotatable bonds is 8. The molecule has 0 fully saturated rings. The van der Waals surface area contributed by atoms with Crippen molar-refractivity contribution >= 4 is 55.6 Å². The topological polar surface area (TPSA) is 68.2 Å². The lowest BCUT2D eigenvalue weighted by atomic mass is 10.1. The molecule has 164 valence electrons. The first-order chi connectivity index (χ1) is 14.9. The number of aromatic nitrogens is 2. The Bertz CT molecular complexity index is 1060. The van der Waals surface area contributed by atoms with E-state index in [1.54, 1.807) is 6.92 Å². The van der Waals surface area contributed by atoms with Gasteiger partial charge in [-0.05, 0) is 67.0 Å². The Labute approximate surface area is 200 Å². The van der Waals surface area contributed by atoms with Crippen LogP contribution in [0.4, 0.5) is 5.00 Å². The molecule has 3 aromatic rings. The number of hydrogen-bond donors (Lipinski definition) is 2. The number of thiophene rings is 1. The molecule has 2 N–H and O–H groups in total. The Morgan fingerprint density at radius 3 is 2.68 bits per heavy atom. The molecule has 0 amide bonds. The molecule has 0 bridgehead atoms. The van der Waals surface area contributed by atoms with Crippen molar-refractivity contribution in [2.24, 2.45) is 0 Å². The van der Waals surface area contributed by atoms with Crippen LogP contribution in [0.15, 0.2) is 40.9 Å². The van der Waals surface area contributed by atoms with E-state index in [0.29, 0.717) is 28.8 Å². The van der Waals surface area contributed by atoms with E-state index < -0.39 is 0 Å². The van der Waals surface area contributed by atoms with Crippen molar-refractivity contribution in [3.05, 3.63) is 57.8 Å². The van der Waals surface area contributed by atoms with Crippen LogP contribution in [0.1, 0.15) is 35.1 Å². The van der Waals surface area contributed by atoms with Gasteiger partial charge in [0.2, 0.25) is 0 Å². The van der Waals surface area contributed by atoms with Crippen LogP contribution >= 0.6 is 39.5 Å². The summed E-state index contributed by atoms with van der Waals surface area (Å²) in [5, 5.41) is 12.1. The maximum absolute atomic E-state index is 12.4. The number of esters is 1. The maximum Gasteiger partial charge on any atom is 0.341 e. The fourth-order valence-corrected chi connectivity index (χ4v) is 4.67. The summed E-state index contributed by atoms with van der Waals surface area (Å²) in [7, 11) is 0. The molecular weight excluding hydrogens is 496 g/mol. The number of nitrogens with zero attached hydrogens (tertiary/aromatic N) is 2. The quantitative estimate of drug-likeness (QED) is 0.230. The highest BCUT2D eigenvalue weighted by molar-refractivity contribution is 9.10. The Balaban J connectivity index is 1.62. The van der Waals surface area contributed by atoms with E-state index in [4.69, 9.17) is 17.0 Å². The van der Waals surface area contributed by atoms with Gasteiger partial charge in [-0.3, -0.25) is 4.68 Å². The Morgan fingerprint density at radius 1 is 1.29 bits per heavy atom. The highest BCUT2D eigenvalue weighted by atomic mass is 79.9. The highest BCUT2D eigenvalue weighted by Crippen LogP contribution is 2.35. The predicted octanol–water partition coefficient (Wildman–Crippen LogP) is 5.54.